The van der Waals surface area contributed by atoms with Gasteiger partial charge in [-0.15, -0.1) is 0 Å². The van der Waals surface area contributed by atoms with Gasteiger partial charge < -0.3 is 4.74 Å². The molecule has 0 aromatic heterocycles. The molecule has 1 saturated carbocycles. The molecule has 0 spiro atoms. The summed E-state index contributed by atoms with van der Waals surface area (Å²) in [5, 5.41) is 0. The molecule has 2 atom stereocenters. The van der Waals surface area contributed by atoms with Gasteiger partial charge in [0.1, 0.15) is 12.4 Å². The minimum Gasteiger partial charge on any atom is -0.489 e. The van der Waals surface area contributed by atoms with Gasteiger partial charge in [0.15, 0.2) is 0 Å². The molecule has 1 aliphatic carbocycles. The third-order valence-electron chi connectivity index (χ3n) is 4.86. The summed E-state index contributed by atoms with van der Waals surface area (Å²) in [4.78, 5) is 0. The lowest BCUT2D eigenvalue weighted by molar-refractivity contribution is 0.335. The number of benzene rings is 1. The largest absolute Gasteiger partial charge is 0.489 e. The highest BCUT2D eigenvalue weighted by atomic mass is 16.5. The van der Waals surface area contributed by atoms with Crippen LogP contribution in [-0.2, 0) is 5.41 Å². The van der Waals surface area contributed by atoms with Crippen molar-refractivity contribution in [3.8, 4) is 5.75 Å². The van der Waals surface area contributed by atoms with Crippen LogP contribution in [0.2, 0.25) is 0 Å². The van der Waals surface area contributed by atoms with Gasteiger partial charge in [-0.1, -0.05) is 65.5 Å². The average Bonchev–Trinajstić information content (AvgIpc) is 2.74. The number of hydrogen-bond acceptors (Lipinski definition) is 1. The van der Waals surface area contributed by atoms with E-state index in [2.05, 4.69) is 59.4 Å². The van der Waals surface area contributed by atoms with Crippen LogP contribution in [0.15, 0.2) is 30.9 Å². The first kappa shape index (κ1) is 16.1. The first-order valence-electron chi connectivity index (χ1n) is 8.23. The topological polar surface area (TPSA) is 9.23 Å². The summed E-state index contributed by atoms with van der Waals surface area (Å²) in [5.74, 6) is 3.20. The van der Waals surface area contributed by atoms with E-state index in [1.807, 2.05) is 6.08 Å². The lowest BCUT2D eigenvalue weighted by Gasteiger charge is -2.29. The van der Waals surface area contributed by atoms with Crippen LogP contribution in [0.1, 0.15) is 64.5 Å². The molecule has 0 saturated heterocycles. The van der Waals surface area contributed by atoms with Gasteiger partial charge in [-0.05, 0) is 47.1 Å². The Hall–Kier alpha value is -1.24. The Balaban J connectivity index is 2.51. The Bertz CT molecular complexity index is 485. The summed E-state index contributed by atoms with van der Waals surface area (Å²) in [7, 11) is 0. The van der Waals surface area contributed by atoms with Crippen molar-refractivity contribution in [3.63, 3.8) is 0 Å². The molecular formula is C20H30O. The summed E-state index contributed by atoms with van der Waals surface area (Å²) in [6, 6.07) is 6.69. The van der Waals surface area contributed by atoms with Gasteiger partial charge >= 0.3 is 0 Å². The van der Waals surface area contributed by atoms with Crippen LogP contribution in [0.5, 0.6) is 5.75 Å². The zero-order valence-electron chi connectivity index (χ0n) is 14.3. The molecule has 1 aromatic carbocycles. The highest BCUT2D eigenvalue weighted by Crippen LogP contribution is 2.48. The molecule has 0 N–H and O–H groups in total. The summed E-state index contributed by atoms with van der Waals surface area (Å²) < 4.78 is 6.13. The van der Waals surface area contributed by atoms with E-state index >= 15 is 0 Å². The summed E-state index contributed by atoms with van der Waals surface area (Å²) in [6.07, 6.45) is 4.49. The molecule has 2 unspecified atom stereocenters. The maximum Gasteiger partial charge on any atom is 0.126 e. The van der Waals surface area contributed by atoms with Crippen LogP contribution in [0.4, 0.5) is 0 Å². The maximum absolute atomic E-state index is 6.13. The van der Waals surface area contributed by atoms with E-state index in [9.17, 15) is 0 Å². The van der Waals surface area contributed by atoms with Gasteiger partial charge in [-0.2, -0.15) is 0 Å². The van der Waals surface area contributed by atoms with Crippen LogP contribution in [0.25, 0.3) is 0 Å². The van der Waals surface area contributed by atoms with Crippen molar-refractivity contribution in [1.82, 2.24) is 0 Å². The normalized spacial score (nSPS) is 25.9. The molecule has 1 aromatic rings. The maximum atomic E-state index is 6.13. The molecule has 1 fully saturated rings. The third-order valence-corrected chi connectivity index (χ3v) is 4.86. The summed E-state index contributed by atoms with van der Waals surface area (Å²) >= 11 is 0. The number of para-hydroxylation sites is 1. The van der Waals surface area contributed by atoms with E-state index < -0.39 is 0 Å². The minimum absolute atomic E-state index is 0.0948. The van der Waals surface area contributed by atoms with Gasteiger partial charge in [0.25, 0.3) is 0 Å². The Morgan fingerprint density at radius 1 is 1.19 bits per heavy atom. The summed E-state index contributed by atoms with van der Waals surface area (Å²) in [6.45, 7) is 15.9. The Kier molecular flexibility index (Phi) is 4.81. The van der Waals surface area contributed by atoms with Crippen LogP contribution in [0, 0.1) is 11.8 Å². The monoisotopic (exact) mass is 286 g/mol. The van der Waals surface area contributed by atoms with E-state index in [-0.39, 0.29) is 5.41 Å². The first-order chi connectivity index (χ1) is 9.86. The zero-order chi connectivity index (χ0) is 15.6. The molecule has 2 rings (SSSR count). The second-order valence-corrected chi connectivity index (χ2v) is 7.63. The highest BCUT2D eigenvalue weighted by molar-refractivity contribution is 5.47. The van der Waals surface area contributed by atoms with E-state index in [0.717, 1.165) is 17.6 Å². The van der Waals surface area contributed by atoms with E-state index in [1.165, 1.54) is 24.0 Å². The molecule has 1 heteroatoms. The number of rotatable bonds is 4. The molecule has 116 valence electrons. The Morgan fingerprint density at radius 3 is 2.33 bits per heavy atom. The van der Waals surface area contributed by atoms with Crippen molar-refractivity contribution in [2.24, 2.45) is 11.8 Å². The van der Waals surface area contributed by atoms with Gasteiger partial charge in [0.2, 0.25) is 0 Å². The van der Waals surface area contributed by atoms with Gasteiger partial charge in [-0.25, -0.2) is 0 Å². The molecule has 1 aliphatic rings. The fraction of sp³-hybridized carbons (Fsp3) is 0.600. The van der Waals surface area contributed by atoms with Crippen LogP contribution in [-0.4, -0.2) is 6.61 Å². The smallest absolute Gasteiger partial charge is 0.126 e. The molecule has 0 heterocycles. The lowest BCUT2D eigenvalue weighted by Crippen LogP contribution is -2.17. The predicted molar refractivity (Wildman–Crippen MR) is 91.1 cm³/mol. The van der Waals surface area contributed by atoms with Gasteiger partial charge in [0, 0.05) is 0 Å². The Morgan fingerprint density at radius 2 is 1.81 bits per heavy atom. The van der Waals surface area contributed by atoms with Crippen molar-refractivity contribution >= 4 is 0 Å². The quantitative estimate of drug-likeness (QED) is 0.645. The Labute approximate surface area is 130 Å². The molecule has 0 bridgehead atoms. The SMILES string of the molecule is C=CCOc1c(C2C(C)CCC2C)cccc1C(C)(C)C. The second-order valence-electron chi connectivity index (χ2n) is 7.63. The minimum atomic E-state index is 0.0948. The second kappa shape index (κ2) is 6.25. The van der Waals surface area contributed by atoms with Crippen LogP contribution < -0.4 is 4.74 Å². The molecule has 0 amide bonds. The predicted octanol–water partition coefficient (Wildman–Crippen LogP) is 5.70. The van der Waals surface area contributed by atoms with Crippen molar-refractivity contribution in [2.45, 2.75) is 58.8 Å². The molecule has 0 aliphatic heterocycles. The van der Waals surface area contributed by atoms with Gasteiger partial charge in [-0.3, -0.25) is 0 Å². The first-order valence-corrected chi connectivity index (χ1v) is 8.23. The standard InChI is InChI=1S/C20H30O/c1-7-13-21-19-16(18-14(2)11-12-15(18)3)9-8-10-17(19)20(4,5)6/h7-10,14-15,18H,1,11-13H2,2-6H3. The van der Waals surface area contributed by atoms with E-state index in [1.54, 1.807) is 0 Å². The van der Waals surface area contributed by atoms with E-state index in [4.69, 9.17) is 4.74 Å². The fourth-order valence-electron chi connectivity index (χ4n) is 3.77. The van der Waals surface area contributed by atoms with Crippen molar-refractivity contribution in [2.75, 3.05) is 6.61 Å². The highest BCUT2D eigenvalue weighted by Gasteiger charge is 2.35. The average molecular weight is 286 g/mol. The fourth-order valence-corrected chi connectivity index (χ4v) is 3.77. The molecule has 1 nitrogen and oxygen atoms in total. The zero-order valence-corrected chi connectivity index (χ0v) is 14.3. The lowest BCUT2D eigenvalue weighted by atomic mass is 9.79. The summed E-state index contributed by atoms with van der Waals surface area (Å²) in [5.41, 5.74) is 2.81. The van der Waals surface area contributed by atoms with Gasteiger partial charge in [0.05, 0.1) is 0 Å². The van der Waals surface area contributed by atoms with Crippen molar-refractivity contribution < 1.29 is 4.74 Å². The third kappa shape index (κ3) is 3.33. The van der Waals surface area contributed by atoms with Crippen LogP contribution in [0.3, 0.4) is 0 Å². The van der Waals surface area contributed by atoms with Crippen molar-refractivity contribution in [3.05, 3.63) is 42.0 Å². The number of ether oxygens (including phenoxy) is 1. The molecule has 0 radical (unpaired) electrons. The van der Waals surface area contributed by atoms with E-state index in [0.29, 0.717) is 12.5 Å². The molecular weight excluding hydrogens is 256 g/mol. The number of hydrogen-bond donors (Lipinski definition) is 0. The molecule has 21 heavy (non-hydrogen) atoms. The van der Waals surface area contributed by atoms with Crippen LogP contribution >= 0.6 is 0 Å². The van der Waals surface area contributed by atoms with Crippen molar-refractivity contribution in [1.29, 1.82) is 0 Å².